The van der Waals surface area contributed by atoms with Crippen molar-refractivity contribution in [2.24, 2.45) is 0 Å². The summed E-state index contributed by atoms with van der Waals surface area (Å²) in [6, 6.07) is -1.02. The number of allylic oxidation sites excluding steroid dienone is 3. The first-order valence-electron chi connectivity index (χ1n) is 26.1. The van der Waals surface area contributed by atoms with Crippen molar-refractivity contribution in [3.63, 3.8) is 0 Å². The zero-order valence-corrected chi connectivity index (χ0v) is 40.5. The van der Waals surface area contributed by atoms with Gasteiger partial charge in [0.15, 0.2) is 12.4 Å². The lowest BCUT2D eigenvalue weighted by Crippen LogP contribution is -2.61. The third-order valence-corrected chi connectivity index (χ3v) is 12.4. The standard InChI is InChI=1S/C52H97NO10/c1-4-7-10-13-16-19-22-23-25-28-31-34-37-40-47(57)63-50-49(59)48(58)46(41-54)62-52(50)61-42-43(44(55)38-35-32-29-27-24-20-17-14-11-8-5-2)53-51(60)45(56)39-36-33-30-26-21-18-15-12-9-6-3/h23,25,35,38,43-46,48-50,52,54-56,58-59H,4-22,24,26-34,36-37,39-42H2,1-3H3,(H,53,60)/b25-23-,38-35+. The summed E-state index contributed by atoms with van der Waals surface area (Å²) in [5.41, 5.74) is 0. The highest BCUT2D eigenvalue weighted by molar-refractivity contribution is 5.80. The maximum atomic E-state index is 13.3. The molecule has 1 saturated heterocycles. The van der Waals surface area contributed by atoms with Crippen LogP contribution >= 0.6 is 0 Å². The van der Waals surface area contributed by atoms with Crippen molar-refractivity contribution in [2.75, 3.05) is 13.2 Å². The van der Waals surface area contributed by atoms with Crippen molar-refractivity contribution in [3.05, 3.63) is 24.3 Å². The molecule has 1 aliphatic rings. The molecule has 1 rings (SSSR count). The molecule has 11 heteroatoms. The van der Waals surface area contributed by atoms with Gasteiger partial charge in [-0.3, -0.25) is 9.59 Å². The lowest BCUT2D eigenvalue weighted by Gasteiger charge is -2.41. The average molecular weight is 896 g/mol. The molecule has 0 bridgehead atoms. The van der Waals surface area contributed by atoms with Crippen molar-refractivity contribution in [3.8, 4) is 0 Å². The maximum Gasteiger partial charge on any atom is 0.306 e. The van der Waals surface area contributed by atoms with Crippen molar-refractivity contribution >= 4 is 11.9 Å². The normalized spacial score (nSPS) is 20.7. The number of hydrogen-bond acceptors (Lipinski definition) is 10. The molecular formula is C52H97NO10. The van der Waals surface area contributed by atoms with Crippen molar-refractivity contribution in [1.82, 2.24) is 5.32 Å². The fraction of sp³-hybridized carbons (Fsp3) is 0.885. The second-order valence-electron chi connectivity index (χ2n) is 18.3. The van der Waals surface area contributed by atoms with Gasteiger partial charge in [0.25, 0.3) is 0 Å². The minimum absolute atomic E-state index is 0.106. The molecule has 11 nitrogen and oxygen atoms in total. The number of carbonyl (C=O) groups excluding carboxylic acids is 2. The number of amides is 1. The molecule has 0 aliphatic carbocycles. The molecule has 0 spiro atoms. The highest BCUT2D eigenvalue weighted by Crippen LogP contribution is 2.26. The molecule has 0 radical (unpaired) electrons. The first-order chi connectivity index (χ1) is 30.7. The summed E-state index contributed by atoms with van der Waals surface area (Å²) in [7, 11) is 0. The van der Waals surface area contributed by atoms with Crippen LogP contribution in [0.1, 0.15) is 233 Å². The number of carbonyl (C=O) groups is 2. The molecule has 1 amide bonds. The highest BCUT2D eigenvalue weighted by Gasteiger charge is 2.47. The molecule has 1 fully saturated rings. The van der Waals surface area contributed by atoms with Crippen molar-refractivity contribution in [1.29, 1.82) is 0 Å². The predicted octanol–water partition coefficient (Wildman–Crippen LogP) is 10.6. The fourth-order valence-electron chi connectivity index (χ4n) is 8.12. The number of ether oxygens (including phenoxy) is 3. The zero-order valence-electron chi connectivity index (χ0n) is 40.5. The number of rotatable bonds is 43. The van der Waals surface area contributed by atoms with E-state index in [1.165, 1.54) is 122 Å². The Morgan fingerprint density at radius 2 is 1.05 bits per heavy atom. The molecule has 370 valence electrons. The second-order valence-corrected chi connectivity index (χ2v) is 18.3. The van der Waals surface area contributed by atoms with Gasteiger partial charge in [0, 0.05) is 6.42 Å². The van der Waals surface area contributed by atoms with E-state index < -0.39 is 67.4 Å². The lowest BCUT2D eigenvalue weighted by atomic mass is 9.99. The summed E-state index contributed by atoms with van der Waals surface area (Å²) in [6.07, 6.45) is 33.8. The van der Waals surface area contributed by atoms with E-state index >= 15 is 0 Å². The lowest BCUT2D eigenvalue weighted by molar-refractivity contribution is -0.305. The third-order valence-electron chi connectivity index (χ3n) is 12.4. The van der Waals surface area contributed by atoms with E-state index in [4.69, 9.17) is 14.2 Å². The second kappa shape index (κ2) is 41.6. The number of aliphatic hydroxyl groups excluding tert-OH is 5. The summed E-state index contributed by atoms with van der Waals surface area (Å²) >= 11 is 0. The van der Waals surface area contributed by atoms with E-state index in [9.17, 15) is 35.1 Å². The van der Waals surface area contributed by atoms with Gasteiger partial charge < -0.3 is 45.1 Å². The van der Waals surface area contributed by atoms with E-state index in [1.807, 2.05) is 6.08 Å². The van der Waals surface area contributed by atoms with Gasteiger partial charge in [-0.15, -0.1) is 0 Å². The van der Waals surface area contributed by atoms with Crippen LogP contribution in [0.25, 0.3) is 0 Å². The van der Waals surface area contributed by atoms with Gasteiger partial charge in [-0.2, -0.15) is 0 Å². The van der Waals surface area contributed by atoms with Gasteiger partial charge in [-0.25, -0.2) is 0 Å². The topological polar surface area (TPSA) is 175 Å². The summed E-state index contributed by atoms with van der Waals surface area (Å²) < 4.78 is 17.5. The number of hydrogen-bond donors (Lipinski definition) is 6. The molecule has 1 heterocycles. The monoisotopic (exact) mass is 896 g/mol. The van der Waals surface area contributed by atoms with Crippen LogP contribution < -0.4 is 5.32 Å². The van der Waals surface area contributed by atoms with Crippen molar-refractivity contribution < 1.29 is 49.3 Å². The molecule has 0 aromatic heterocycles. The Bertz CT molecular complexity index is 1120. The van der Waals surface area contributed by atoms with Crippen LogP contribution in [0.4, 0.5) is 0 Å². The number of unbranched alkanes of at least 4 members (excludes halogenated alkanes) is 27. The molecule has 8 atom stereocenters. The van der Waals surface area contributed by atoms with Gasteiger partial charge in [0.05, 0.1) is 25.4 Å². The maximum absolute atomic E-state index is 13.3. The van der Waals surface area contributed by atoms with Crippen LogP contribution in [-0.2, 0) is 23.8 Å². The molecule has 6 N–H and O–H groups in total. The predicted molar refractivity (Wildman–Crippen MR) is 255 cm³/mol. The van der Waals surface area contributed by atoms with Gasteiger partial charge in [-0.1, -0.05) is 199 Å². The smallest absolute Gasteiger partial charge is 0.306 e. The highest BCUT2D eigenvalue weighted by atomic mass is 16.7. The molecule has 0 aromatic carbocycles. The minimum Gasteiger partial charge on any atom is -0.454 e. The SMILES string of the molecule is CCCCCCCC/C=C\CCCCCC(=O)OC1C(OCC(NC(=O)C(O)CCCCCCCCCCCC)C(O)/C=C/CCCCCCCCCCC)OC(CO)C(O)C1O. The van der Waals surface area contributed by atoms with Gasteiger partial charge in [0.1, 0.15) is 24.4 Å². The van der Waals surface area contributed by atoms with Crippen LogP contribution in [0, 0.1) is 0 Å². The fourth-order valence-corrected chi connectivity index (χ4v) is 8.12. The first-order valence-corrected chi connectivity index (χ1v) is 26.1. The summed E-state index contributed by atoms with van der Waals surface area (Å²) in [4.78, 5) is 26.3. The summed E-state index contributed by atoms with van der Waals surface area (Å²) in [5.74, 6) is -1.21. The van der Waals surface area contributed by atoms with Crippen LogP contribution in [0.2, 0.25) is 0 Å². The van der Waals surface area contributed by atoms with E-state index in [-0.39, 0.29) is 13.0 Å². The van der Waals surface area contributed by atoms with Gasteiger partial charge in [-0.05, 0) is 51.4 Å². The Morgan fingerprint density at radius 1 is 0.603 bits per heavy atom. The molecule has 0 aromatic rings. The third kappa shape index (κ3) is 30.9. The largest absolute Gasteiger partial charge is 0.454 e. The number of aliphatic hydroxyl groups is 5. The Kier molecular flexibility index (Phi) is 39.0. The van der Waals surface area contributed by atoms with Crippen LogP contribution in [-0.4, -0.2) is 99.6 Å². The van der Waals surface area contributed by atoms with E-state index in [1.54, 1.807) is 6.08 Å². The van der Waals surface area contributed by atoms with E-state index in [2.05, 4.69) is 38.2 Å². The molecule has 8 unspecified atom stereocenters. The summed E-state index contributed by atoms with van der Waals surface area (Å²) in [5, 5.41) is 56.5. The van der Waals surface area contributed by atoms with E-state index in [0.717, 1.165) is 64.2 Å². The van der Waals surface area contributed by atoms with Crippen LogP contribution in [0.5, 0.6) is 0 Å². The summed E-state index contributed by atoms with van der Waals surface area (Å²) in [6.45, 7) is 5.72. The Balaban J connectivity index is 2.79. The first kappa shape index (κ1) is 59.2. The van der Waals surface area contributed by atoms with Gasteiger partial charge in [0.2, 0.25) is 5.91 Å². The van der Waals surface area contributed by atoms with Crippen LogP contribution in [0.15, 0.2) is 24.3 Å². The zero-order chi connectivity index (χ0) is 46.2. The van der Waals surface area contributed by atoms with Crippen LogP contribution in [0.3, 0.4) is 0 Å². The Labute approximate surface area is 384 Å². The van der Waals surface area contributed by atoms with E-state index in [0.29, 0.717) is 19.3 Å². The Hall–Kier alpha value is -1.86. The number of nitrogens with one attached hydrogen (secondary N) is 1. The average Bonchev–Trinajstić information content (AvgIpc) is 3.28. The van der Waals surface area contributed by atoms with Crippen molar-refractivity contribution in [2.45, 2.75) is 282 Å². The quantitative estimate of drug-likeness (QED) is 0.0196. The molecule has 0 saturated carbocycles. The number of esters is 1. The molecule has 1 aliphatic heterocycles. The molecular weight excluding hydrogens is 799 g/mol. The minimum atomic E-state index is -1.61. The molecule has 63 heavy (non-hydrogen) atoms. The Morgan fingerprint density at radius 3 is 1.54 bits per heavy atom. The van der Waals surface area contributed by atoms with Gasteiger partial charge >= 0.3 is 5.97 Å².